The lowest BCUT2D eigenvalue weighted by molar-refractivity contribution is -0.154. The molecule has 7 N–H and O–H groups in total. The van der Waals surface area contributed by atoms with Crippen LogP contribution in [-0.2, 0) is 46.5 Å². The minimum Gasteiger partial charge on any atom is -0.459 e. The van der Waals surface area contributed by atoms with E-state index in [9.17, 15) is 28.8 Å². The van der Waals surface area contributed by atoms with Crippen molar-refractivity contribution in [3.05, 3.63) is 54.1 Å². The van der Waals surface area contributed by atoms with Crippen LogP contribution in [0, 0.1) is 5.92 Å². The van der Waals surface area contributed by atoms with Crippen molar-refractivity contribution in [2.24, 2.45) is 11.7 Å². The van der Waals surface area contributed by atoms with E-state index in [1.165, 1.54) is 12.5 Å². The highest BCUT2D eigenvalue weighted by Gasteiger charge is 2.32. The first-order valence-corrected chi connectivity index (χ1v) is 14.5. The Hall–Kier alpha value is -4.95. The number of imidazole rings is 1. The van der Waals surface area contributed by atoms with E-state index >= 15 is 0 Å². The average Bonchev–Trinajstić information content (AvgIpc) is 3.46. The van der Waals surface area contributed by atoms with Crippen LogP contribution in [0.1, 0.15) is 58.7 Å². The molecule has 0 fully saturated rings. The summed E-state index contributed by atoms with van der Waals surface area (Å²) in [7, 11) is 0. The molecule has 45 heavy (non-hydrogen) atoms. The number of amides is 5. The molecule has 5 amide bonds. The minimum atomic E-state index is -1.49. The van der Waals surface area contributed by atoms with Gasteiger partial charge in [-0.25, -0.2) is 9.78 Å². The Morgan fingerprint density at radius 2 is 1.56 bits per heavy atom. The maximum atomic E-state index is 13.4. The first-order chi connectivity index (χ1) is 21.1. The molecule has 0 bridgehead atoms. The van der Waals surface area contributed by atoms with Crippen LogP contribution in [0.25, 0.3) is 0 Å². The second kappa shape index (κ2) is 17.4. The third-order valence-corrected chi connectivity index (χ3v) is 6.01. The van der Waals surface area contributed by atoms with Gasteiger partial charge in [0.05, 0.1) is 12.7 Å². The molecular weight excluding hydrogens is 586 g/mol. The maximum Gasteiger partial charge on any atom is 0.408 e. The number of H-pyrrole nitrogens is 1. The number of nitrogens with one attached hydrogen (secondary N) is 5. The van der Waals surface area contributed by atoms with Crippen molar-refractivity contribution < 1.29 is 38.2 Å². The summed E-state index contributed by atoms with van der Waals surface area (Å²) in [5.74, 6) is -3.97. The highest BCUT2D eigenvalue weighted by atomic mass is 16.6. The van der Waals surface area contributed by atoms with E-state index in [0.29, 0.717) is 5.69 Å². The molecule has 0 aliphatic carbocycles. The van der Waals surface area contributed by atoms with Crippen molar-refractivity contribution in [1.82, 2.24) is 31.2 Å². The van der Waals surface area contributed by atoms with Crippen molar-refractivity contribution >= 4 is 35.7 Å². The van der Waals surface area contributed by atoms with Crippen molar-refractivity contribution in [3.8, 4) is 0 Å². The molecule has 2 aromatic rings. The van der Waals surface area contributed by atoms with Crippen LogP contribution in [-0.4, -0.2) is 75.9 Å². The summed E-state index contributed by atoms with van der Waals surface area (Å²) in [6.45, 7) is 8.23. The van der Waals surface area contributed by atoms with Crippen LogP contribution in [0.3, 0.4) is 0 Å². The zero-order valence-electron chi connectivity index (χ0n) is 26.2. The number of ether oxygens (including phenoxy) is 2. The normalized spacial score (nSPS) is 13.1. The molecule has 0 aliphatic heterocycles. The molecule has 0 spiro atoms. The molecule has 0 aliphatic rings. The molecule has 1 heterocycles. The van der Waals surface area contributed by atoms with Gasteiger partial charge in [-0.3, -0.25) is 24.0 Å². The van der Waals surface area contributed by atoms with Crippen LogP contribution < -0.4 is 27.0 Å². The SMILES string of the molecule is CC(C)C[C@H](NC(=O)[C@@H](CC(N)=O)NC(=O)[C@H](Cc1cnc[nH]1)NC(=O)OCc1ccccc1)C(=O)NCC(=O)OC(C)(C)C. The maximum absolute atomic E-state index is 13.4. The third kappa shape index (κ3) is 14.4. The number of hydrogen-bond donors (Lipinski definition) is 6. The first-order valence-electron chi connectivity index (χ1n) is 14.5. The number of carbonyl (C=O) groups excluding carboxylic acids is 6. The number of rotatable bonds is 16. The van der Waals surface area contributed by atoms with E-state index < -0.39 is 72.4 Å². The van der Waals surface area contributed by atoms with Gasteiger partial charge in [0.2, 0.25) is 23.6 Å². The summed E-state index contributed by atoms with van der Waals surface area (Å²) < 4.78 is 10.4. The van der Waals surface area contributed by atoms with Crippen LogP contribution >= 0.6 is 0 Å². The zero-order valence-corrected chi connectivity index (χ0v) is 26.2. The quantitative estimate of drug-likeness (QED) is 0.143. The number of benzene rings is 1. The van der Waals surface area contributed by atoms with E-state index in [1.807, 2.05) is 19.9 Å². The van der Waals surface area contributed by atoms with Gasteiger partial charge in [-0.05, 0) is 38.7 Å². The Morgan fingerprint density at radius 1 is 0.911 bits per heavy atom. The average molecular weight is 630 g/mol. The Bertz CT molecular complexity index is 1290. The van der Waals surface area contributed by atoms with Gasteiger partial charge >= 0.3 is 12.1 Å². The number of nitrogens with two attached hydrogens (primary N) is 1. The second-order valence-electron chi connectivity index (χ2n) is 11.8. The molecule has 246 valence electrons. The third-order valence-electron chi connectivity index (χ3n) is 6.01. The summed E-state index contributed by atoms with van der Waals surface area (Å²) in [6.07, 6.45) is 1.48. The molecule has 0 saturated carbocycles. The van der Waals surface area contributed by atoms with Crippen LogP contribution in [0.2, 0.25) is 0 Å². The fourth-order valence-electron chi connectivity index (χ4n) is 4.05. The number of carbonyl (C=O) groups is 6. The van der Waals surface area contributed by atoms with Crippen LogP contribution in [0.15, 0.2) is 42.9 Å². The number of hydrogen-bond acceptors (Lipinski definition) is 9. The van der Waals surface area contributed by atoms with Crippen molar-refractivity contribution in [2.45, 2.75) is 84.2 Å². The number of primary amides is 1. The lowest BCUT2D eigenvalue weighted by atomic mass is 10.0. The summed E-state index contributed by atoms with van der Waals surface area (Å²) in [5, 5.41) is 9.91. The predicted molar refractivity (Wildman–Crippen MR) is 162 cm³/mol. The molecule has 15 nitrogen and oxygen atoms in total. The Kier molecular flexibility index (Phi) is 14.0. The van der Waals surface area contributed by atoms with Gasteiger partial charge in [0.1, 0.15) is 36.9 Å². The van der Waals surface area contributed by atoms with E-state index in [-0.39, 0.29) is 25.4 Å². The molecule has 2 rings (SSSR count). The zero-order chi connectivity index (χ0) is 33.6. The highest BCUT2D eigenvalue weighted by Crippen LogP contribution is 2.09. The fraction of sp³-hybridized carbons (Fsp3) is 0.500. The number of aromatic amines is 1. The molecule has 1 aromatic carbocycles. The monoisotopic (exact) mass is 629 g/mol. The number of nitrogens with zero attached hydrogens (tertiary/aromatic N) is 1. The summed E-state index contributed by atoms with van der Waals surface area (Å²) >= 11 is 0. The van der Waals surface area contributed by atoms with E-state index in [2.05, 4.69) is 31.2 Å². The lowest BCUT2D eigenvalue weighted by Gasteiger charge is -2.25. The van der Waals surface area contributed by atoms with Gasteiger partial charge < -0.3 is 41.5 Å². The van der Waals surface area contributed by atoms with Gasteiger partial charge in [-0.15, -0.1) is 0 Å². The molecule has 1 aromatic heterocycles. The second-order valence-corrected chi connectivity index (χ2v) is 11.8. The molecule has 15 heteroatoms. The fourth-order valence-corrected chi connectivity index (χ4v) is 4.05. The number of esters is 1. The van der Waals surface area contributed by atoms with Gasteiger partial charge in [0.25, 0.3) is 0 Å². The van der Waals surface area contributed by atoms with Gasteiger partial charge in [-0.2, -0.15) is 0 Å². The summed E-state index contributed by atoms with van der Waals surface area (Å²) in [6, 6.07) is 5.05. The van der Waals surface area contributed by atoms with Gasteiger partial charge in [0.15, 0.2) is 0 Å². The number of alkyl carbamates (subject to hydrolysis) is 1. The molecule has 0 radical (unpaired) electrons. The van der Waals surface area contributed by atoms with E-state index in [4.69, 9.17) is 15.2 Å². The van der Waals surface area contributed by atoms with Crippen LogP contribution in [0.5, 0.6) is 0 Å². The number of aromatic nitrogens is 2. The summed E-state index contributed by atoms with van der Waals surface area (Å²) in [5.41, 5.74) is 5.84. The molecule has 3 atom stereocenters. The van der Waals surface area contributed by atoms with Crippen molar-refractivity contribution in [2.75, 3.05) is 6.54 Å². The van der Waals surface area contributed by atoms with Gasteiger partial charge in [-0.1, -0.05) is 44.2 Å². The van der Waals surface area contributed by atoms with Crippen molar-refractivity contribution in [3.63, 3.8) is 0 Å². The standard InChI is InChI=1S/C30H43N7O8/c1-18(2)11-21(26(40)33-15-25(39)45-30(3,4)5)35-28(42)23(13-24(31)38)36-27(41)22(12-20-14-32-17-34-20)37-29(43)44-16-19-9-7-6-8-10-19/h6-10,14,17-18,21-23H,11-13,15-16H2,1-5H3,(H2,31,38)(H,32,34)(H,33,40)(H,35,42)(H,36,41)(H,37,43)/t21-,22-,23+/m0/s1. The smallest absolute Gasteiger partial charge is 0.408 e. The molecular formula is C30H43N7O8. The minimum absolute atomic E-state index is 0.0506. The predicted octanol–water partition coefficient (Wildman–Crippen LogP) is 0.596. The largest absolute Gasteiger partial charge is 0.459 e. The van der Waals surface area contributed by atoms with Crippen LogP contribution in [0.4, 0.5) is 4.79 Å². The Balaban J connectivity index is 2.14. The summed E-state index contributed by atoms with van der Waals surface area (Å²) in [4.78, 5) is 82.9. The van der Waals surface area contributed by atoms with E-state index in [1.54, 1.807) is 45.0 Å². The highest BCUT2D eigenvalue weighted by molar-refractivity contribution is 5.96. The Morgan fingerprint density at radius 3 is 2.13 bits per heavy atom. The topological polar surface area (TPSA) is 224 Å². The van der Waals surface area contributed by atoms with Gasteiger partial charge in [0, 0.05) is 18.3 Å². The van der Waals surface area contributed by atoms with E-state index in [0.717, 1.165) is 5.56 Å². The first kappa shape index (κ1) is 36.2. The molecule has 0 unspecified atom stereocenters. The lowest BCUT2D eigenvalue weighted by Crippen LogP contribution is -2.58. The Labute approximate surface area is 261 Å². The van der Waals surface area contributed by atoms with Crippen molar-refractivity contribution in [1.29, 1.82) is 0 Å². The molecule has 0 saturated heterocycles.